The van der Waals surface area contributed by atoms with Gasteiger partial charge in [0.1, 0.15) is 5.82 Å². The molecule has 0 spiro atoms. The highest BCUT2D eigenvalue weighted by Crippen LogP contribution is 2.28. The number of nitrogen functional groups attached to an aromatic ring is 1. The Morgan fingerprint density at radius 3 is 2.33 bits per heavy atom. The summed E-state index contributed by atoms with van der Waals surface area (Å²) in [6.07, 6.45) is 0.531. The van der Waals surface area contributed by atoms with Gasteiger partial charge in [0.2, 0.25) is 5.95 Å². The van der Waals surface area contributed by atoms with Gasteiger partial charge in [-0.15, -0.1) is 0 Å². The number of anilines is 3. The van der Waals surface area contributed by atoms with Crippen LogP contribution in [0.2, 0.25) is 0 Å². The van der Waals surface area contributed by atoms with Crippen LogP contribution in [-0.2, 0) is 16.6 Å². The lowest BCUT2D eigenvalue weighted by Crippen LogP contribution is -2.36. The molecule has 1 aromatic heterocycles. The number of nitrogens with zero attached hydrogens (tertiary/aromatic N) is 4. The van der Waals surface area contributed by atoms with Crippen LogP contribution in [-0.4, -0.2) is 47.2 Å². The first-order valence-electron chi connectivity index (χ1n) is 13.6. The minimum Gasteiger partial charge on any atom is -0.378 e. The smallest absolute Gasteiger partial charge is 0.255 e. The number of hydrogen-bond acceptors (Lipinski definition) is 7. The summed E-state index contributed by atoms with van der Waals surface area (Å²) >= 11 is 0. The predicted molar refractivity (Wildman–Crippen MR) is 160 cm³/mol. The average Bonchev–Trinajstić information content (AvgIpc) is 2.94. The standard InChI is InChI=1S/C32H36N6O2/c1-21-26(6-5-7-27(21)34-30(39)23-10-12-24(13-11-23)32(2,3)4)29-35-28(36-31(33)37-29)20-22-8-14-25(15-9-22)38-16-18-40-19-17-38/h5-15H,16-20H2,1-4H3,(H,34,39)(H2,33,35,36,37). The molecule has 8 nitrogen and oxygen atoms in total. The molecule has 40 heavy (non-hydrogen) atoms. The number of carbonyl (C=O) groups excluding carboxylic acids is 1. The molecule has 1 amide bonds. The van der Waals surface area contributed by atoms with Crippen molar-refractivity contribution in [2.24, 2.45) is 0 Å². The van der Waals surface area contributed by atoms with Crippen LogP contribution in [0.15, 0.2) is 66.7 Å². The summed E-state index contributed by atoms with van der Waals surface area (Å²) in [5, 5.41) is 3.04. The van der Waals surface area contributed by atoms with Crippen LogP contribution in [0.4, 0.5) is 17.3 Å². The zero-order chi connectivity index (χ0) is 28.3. The highest BCUT2D eigenvalue weighted by Gasteiger charge is 2.17. The second-order valence-electron chi connectivity index (χ2n) is 11.1. The molecule has 3 N–H and O–H groups in total. The lowest BCUT2D eigenvalue weighted by atomic mass is 9.86. The van der Waals surface area contributed by atoms with E-state index in [4.69, 9.17) is 15.5 Å². The van der Waals surface area contributed by atoms with Gasteiger partial charge in [-0.25, -0.2) is 4.98 Å². The molecule has 8 heteroatoms. The number of ether oxygens (including phenoxy) is 1. The van der Waals surface area contributed by atoms with E-state index < -0.39 is 0 Å². The van der Waals surface area contributed by atoms with E-state index in [0.717, 1.165) is 43.0 Å². The molecular formula is C32H36N6O2. The van der Waals surface area contributed by atoms with E-state index in [0.29, 0.717) is 29.3 Å². The van der Waals surface area contributed by atoms with E-state index >= 15 is 0 Å². The number of nitrogens with one attached hydrogen (secondary N) is 1. The Morgan fingerprint density at radius 1 is 0.950 bits per heavy atom. The molecule has 0 saturated carbocycles. The first kappa shape index (κ1) is 27.3. The Balaban J connectivity index is 1.33. The van der Waals surface area contributed by atoms with E-state index in [9.17, 15) is 4.79 Å². The first-order valence-corrected chi connectivity index (χ1v) is 13.6. The fourth-order valence-corrected chi connectivity index (χ4v) is 4.80. The highest BCUT2D eigenvalue weighted by atomic mass is 16.5. The fourth-order valence-electron chi connectivity index (χ4n) is 4.80. The lowest BCUT2D eigenvalue weighted by Gasteiger charge is -2.28. The van der Waals surface area contributed by atoms with Gasteiger partial charge in [0.25, 0.3) is 5.91 Å². The number of benzene rings is 3. The van der Waals surface area contributed by atoms with Gasteiger partial charge in [0, 0.05) is 42.0 Å². The maximum atomic E-state index is 13.0. The van der Waals surface area contributed by atoms with Crippen LogP contribution in [0.1, 0.15) is 53.6 Å². The summed E-state index contributed by atoms with van der Waals surface area (Å²) in [6.45, 7) is 11.7. The molecule has 5 rings (SSSR count). The Bertz CT molecular complexity index is 1490. The van der Waals surface area contributed by atoms with Crippen molar-refractivity contribution in [2.45, 2.75) is 39.5 Å². The Kier molecular flexibility index (Phi) is 7.80. The number of rotatable bonds is 6. The van der Waals surface area contributed by atoms with Gasteiger partial charge >= 0.3 is 0 Å². The maximum Gasteiger partial charge on any atom is 0.255 e. The molecule has 0 aliphatic carbocycles. The molecule has 1 aliphatic rings. The number of hydrogen-bond donors (Lipinski definition) is 2. The lowest BCUT2D eigenvalue weighted by molar-refractivity contribution is 0.102. The SMILES string of the molecule is Cc1c(NC(=O)c2ccc(C(C)(C)C)cc2)cccc1-c1nc(N)nc(Cc2ccc(N3CCOCC3)cc2)n1. The Labute approximate surface area is 235 Å². The van der Waals surface area contributed by atoms with Crippen LogP contribution >= 0.6 is 0 Å². The largest absolute Gasteiger partial charge is 0.378 e. The summed E-state index contributed by atoms with van der Waals surface area (Å²) in [5.41, 5.74) is 12.5. The van der Waals surface area contributed by atoms with E-state index in [1.54, 1.807) is 0 Å². The molecule has 0 atom stereocenters. The van der Waals surface area contributed by atoms with Crippen molar-refractivity contribution >= 4 is 23.2 Å². The summed E-state index contributed by atoms with van der Waals surface area (Å²) in [5.74, 6) is 1.07. The molecule has 0 bridgehead atoms. The van der Waals surface area contributed by atoms with Gasteiger partial charge in [0.05, 0.1) is 13.2 Å². The average molecular weight is 537 g/mol. The second kappa shape index (κ2) is 11.4. The molecule has 1 fully saturated rings. The summed E-state index contributed by atoms with van der Waals surface area (Å²) in [6, 6.07) is 21.9. The van der Waals surface area contributed by atoms with E-state index in [1.807, 2.05) is 49.4 Å². The topological polar surface area (TPSA) is 106 Å². The summed E-state index contributed by atoms with van der Waals surface area (Å²) in [4.78, 5) is 28.9. The molecule has 2 heterocycles. The van der Waals surface area contributed by atoms with Crippen LogP contribution in [0.25, 0.3) is 11.4 Å². The van der Waals surface area contributed by atoms with Gasteiger partial charge in [-0.3, -0.25) is 4.79 Å². The predicted octanol–water partition coefficient (Wildman–Crippen LogP) is 5.41. The van der Waals surface area contributed by atoms with Gasteiger partial charge < -0.3 is 20.7 Å². The number of morpholine rings is 1. The third kappa shape index (κ3) is 6.29. The normalized spacial score (nSPS) is 13.8. The van der Waals surface area contributed by atoms with Crippen molar-refractivity contribution in [2.75, 3.05) is 42.3 Å². The summed E-state index contributed by atoms with van der Waals surface area (Å²) < 4.78 is 5.45. The van der Waals surface area contributed by atoms with Gasteiger partial charge in [0.15, 0.2) is 5.82 Å². The van der Waals surface area contributed by atoms with Crippen LogP contribution in [0.5, 0.6) is 0 Å². The Morgan fingerprint density at radius 2 is 1.65 bits per heavy atom. The number of amides is 1. The van der Waals surface area contributed by atoms with Crippen molar-refractivity contribution in [3.63, 3.8) is 0 Å². The molecule has 3 aromatic carbocycles. The van der Waals surface area contributed by atoms with Crippen molar-refractivity contribution < 1.29 is 9.53 Å². The van der Waals surface area contributed by atoms with E-state index in [2.05, 4.69) is 65.2 Å². The Hall–Kier alpha value is -4.30. The van der Waals surface area contributed by atoms with E-state index in [-0.39, 0.29) is 17.3 Å². The molecular weight excluding hydrogens is 500 g/mol. The molecule has 1 aliphatic heterocycles. The number of carbonyl (C=O) groups is 1. The van der Waals surface area contributed by atoms with Crippen LogP contribution in [0.3, 0.4) is 0 Å². The zero-order valence-corrected chi connectivity index (χ0v) is 23.6. The first-order chi connectivity index (χ1) is 19.2. The fraction of sp³-hybridized carbons (Fsp3) is 0.312. The quantitative estimate of drug-likeness (QED) is 0.340. The van der Waals surface area contributed by atoms with Crippen LogP contribution < -0.4 is 16.0 Å². The molecule has 1 saturated heterocycles. The van der Waals surface area contributed by atoms with Crippen molar-refractivity contribution in [3.8, 4) is 11.4 Å². The van der Waals surface area contributed by atoms with Crippen molar-refractivity contribution in [1.29, 1.82) is 0 Å². The van der Waals surface area contributed by atoms with Gasteiger partial charge in [-0.05, 0) is 59.4 Å². The minimum atomic E-state index is -0.169. The van der Waals surface area contributed by atoms with Crippen LogP contribution in [0, 0.1) is 6.92 Å². The highest BCUT2D eigenvalue weighted by molar-refractivity contribution is 6.05. The maximum absolute atomic E-state index is 13.0. The molecule has 4 aromatic rings. The monoisotopic (exact) mass is 536 g/mol. The second-order valence-corrected chi connectivity index (χ2v) is 11.1. The molecule has 0 unspecified atom stereocenters. The van der Waals surface area contributed by atoms with Crippen molar-refractivity contribution in [3.05, 3.63) is 94.8 Å². The van der Waals surface area contributed by atoms with E-state index in [1.165, 1.54) is 11.3 Å². The number of nitrogens with two attached hydrogens (primary N) is 1. The van der Waals surface area contributed by atoms with Gasteiger partial charge in [-0.2, -0.15) is 9.97 Å². The minimum absolute atomic E-state index is 0.0253. The number of aromatic nitrogens is 3. The van der Waals surface area contributed by atoms with Gasteiger partial charge in [-0.1, -0.05) is 57.2 Å². The zero-order valence-electron chi connectivity index (χ0n) is 23.6. The summed E-state index contributed by atoms with van der Waals surface area (Å²) in [7, 11) is 0. The molecule has 0 radical (unpaired) electrons. The third-order valence-corrected chi connectivity index (χ3v) is 7.21. The molecule has 206 valence electrons. The van der Waals surface area contributed by atoms with Crippen molar-refractivity contribution in [1.82, 2.24) is 15.0 Å². The third-order valence-electron chi connectivity index (χ3n) is 7.21.